The molecule has 7 nitrogen and oxygen atoms in total. The van der Waals surface area contributed by atoms with Crippen molar-refractivity contribution in [3.05, 3.63) is 48.0 Å². The quantitative estimate of drug-likeness (QED) is 0.717. The molecule has 2 aromatic carbocycles. The van der Waals surface area contributed by atoms with E-state index in [-0.39, 0.29) is 6.54 Å². The molecule has 7 heteroatoms. The van der Waals surface area contributed by atoms with Crippen LogP contribution in [0.2, 0.25) is 0 Å². The topological polar surface area (TPSA) is 89.0 Å². The Morgan fingerprint density at radius 1 is 1.04 bits per heavy atom. The first kappa shape index (κ1) is 18.4. The van der Waals surface area contributed by atoms with E-state index in [4.69, 9.17) is 14.2 Å². The first-order chi connectivity index (χ1) is 12.1. The molecule has 0 fully saturated rings. The van der Waals surface area contributed by atoms with Crippen LogP contribution in [0, 0.1) is 0 Å². The van der Waals surface area contributed by atoms with Gasteiger partial charge in [-0.3, -0.25) is 0 Å². The van der Waals surface area contributed by atoms with Gasteiger partial charge in [0.25, 0.3) is 0 Å². The van der Waals surface area contributed by atoms with Crippen molar-refractivity contribution in [3.8, 4) is 17.2 Å². The maximum absolute atomic E-state index is 12.0. The number of carbonyl (C=O) groups excluding carboxylic acids is 1. The smallest absolute Gasteiger partial charge is 0.319 e. The number of aliphatic hydroxyl groups excluding tert-OH is 1. The molecule has 0 aliphatic carbocycles. The average Bonchev–Trinajstić information content (AvgIpc) is 2.65. The van der Waals surface area contributed by atoms with Crippen LogP contribution in [0.4, 0.5) is 10.5 Å². The van der Waals surface area contributed by atoms with Crippen LogP contribution in [0.5, 0.6) is 17.2 Å². The molecule has 2 aromatic rings. The summed E-state index contributed by atoms with van der Waals surface area (Å²) < 4.78 is 15.6. The van der Waals surface area contributed by atoms with Gasteiger partial charge in [-0.2, -0.15) is 0 Å². The summed E-state index contributed by atoms with van der Waals surface area (Å²) in [6, 6.07) is 11.7. The third-order valence-corrected chi connectivity index (χ3v) is 3.61. The Kier molecular flexibility index (Phi) is 6.47. The number of aliphatic hydroxyl groups is 1. The molecule has 0 aromatic heterocycles. The zero-order valence-corrected chi connectivity index (χ0v) is 14.4. The first-order valence-electron chi connectivity index (χ1n) is 7.67. The zero-order valence-electron chi connectivity index (χ0n) is 14.4. The monoisotopic (exact) mass is 346 g/mol. The van der Waals surface area contributed by atoms with E-state index in [9.17, 15) is 9.90 Å². The Morgan fingerprint density at radius 3 is 2.44 bits per heavy atom. The minimum atomic E-state index is -0.950. The fourth-order valence-electron chi connectivity index (χ4n) is 2.31. The molecule has 134 valence electrons. The number of urea groups is 1. The number of hydrogen-bond donors (Lipinski definition) is 3. The molecule has 3 N–H and O–H groups in total. The molecular formula is C18H22N2O5. The largest absolute Gasteiger partial charge is 0.497 e. The molecule has 0 radical (unpaired) electrons. The number of hydrogen-bond acceptors (Lipinski definition) is 5. The van der Waals surface area contributed by atoms with Crippen molar-refractivity contribution in [1.29, 1.82) is 0 Å². The zero-order chi connectivity index (χ0) is 18.2. The summed E-state index contributed by atoms with van der Waals surface area (Å²) in [6.45, 7) is 0.00447. The van der Waals surface area contributed by atoms with Gasteiger partial charge in [0.05, 0.1) is 27.0 Å². The number of nitrogens with one attached hydrogen (secondary N) is 2. The van der Waals surface area contributed by atoms with Gasteiger partial charge in [-0.25, -0.2) is 4.79 Å². The third kappa shape index (κ3) is 4.77. The van der Waals surface area contributed by atoms with E-state index in [1.807, 2.05) is 0 Å². The number of rotatable bonds is 7. The number of anilines is 1. The number of benzene rings is 2. The van der Waals surface area contributed by atoms with Crippen molar-refractivity contribution in [2.75, 3.05) is 33.2 Å². The fraction of sp³-hybridized carbons (Fsp3) is 0.278. The highest BCUT2D eigenvalue weighted by Gasteiger charge is 2.16. The van der Waals surface area contributed by atoms with Crippen LogP contribution in [0.15, 0.2) is 42.5 Å². The lowest BCUT2D eigenvalue weighted by Gasteiger charge is -2.17. The SMILES string of the molecule is COc1ccc(OC)c(C(O)CNC(=O)Nc2ccccc2OC)c1. The van der Waals surface area contributed by atoms with E-state index >= 15 is 0 Å². The molecule has 1 atom stereocenters. The average molecular weight is 346 g/mol. The van der Waals surface area contributed by atoms with E-state index in [2.05, 4.69) is 10.6 Å². The van der Waals surface area contributed by atoms with Gasteiger partial charge in [0.2, 0.25) is 0 Å². The molecule has 0 spiro atoms. The Balaban J connectivity index is 1.99. The lowest BCUT2D eigenvalue weighted by molar-refractivity contribution is 0.170. The predicted octanol–water partition coefficient (Wildman–Crippen LogP) is 2.57. The van der Waals surface area contributed by atoms with Gasteiger partial charge in [0, 0.05) is 12.1 Å². The highest BCUT2D eigenvalue weighted by atomic mass is 16.5. The molecule has 0 aliphatic rings. The second-order valence-electron chi connectivity index (χ2n) is 5.16. The highest BCUT2D eigenvalue weighted by molar-refractivity contribution is 5.90. The molecule has 25 heavy (non-hydrogen) atoms. The lowest BCUT2D eigenvalue weighted by atomic mass is 10.1. The van der Waals surface area contributed by atoms with Gasteiger partial charge in [0.1, 0.15) is 23.4 Å². The summed E-state index contributed by atoms with van der Waals surface area (Å²) >= 11 is 0. The van der Waals surface area contributed by atoms with E-state index < -0.39 is 12.1 Å². The van der Waals surface area contributed by atoms with Crippen LogP contribution >= 0.6 is 0 Å². The Hall–Kier alpha value is -2.93. The van der Waals surface area contributed by atoms with E-state index in [0.29, 0.717) is 28.5 Å². The van der Waals surface area contributed by atoms with Gasteiger partial charge >= 0.3 is 6.03 Å². The van der Waals surface area contributed by atoms with E-state index in [1.54, 1.807) is 42.5 Å². The molecular weight excluding hydrogens is 324 g/mol. The summed E-state index contributed by atoms with van der Waals surface area (Å²) in [7, 11) is 4.58. The number of methoxy groups -OCH3 is 3. The Morgan fingerprint density at radius 2 is 1.76 bits per heavy atom. The van der Waals surface area contributed by atoms with Gasteiger partial charge in [-0.05, 0) is 30.3 Å². The third-order valence-electron chi connectivity index (χ3n) is 3.61. The van der Waals surface area contributed by atoms with E-state index in [1.165, 1.54) is 21.3 Å². The number of amides is 2. The highest BCUT2D eigenvalue weighted by Crippen LogP contribution is 2.29. The van der Waals surface area contributed by atoms with Gasteiger partial charge < -0.3 is 30.0 Å². The summed E-state index contributed by atoms with van der Waals surface area (Å²) in [4.78, 5) is 12.0. The maximum atomic E-state index is 12.0. The molecule has 2 amide bonds. The van der Waals surface area contributed by atoms with Crippen molar-refractivity contribution in [2.24, 2.45) is 0 Å². The van der Waals surface area contributed by atoms with Crippen LogP contribution in [0.1, 0.15) is 11.7 Å². The summed E-state index contributed by atoms with van der Waals surface area (Å²) in [5.74, 6) is 1.65. The fourth-order valence-corrected chi connectivity index (χ4v) is 2.31. The van der Waals surface area contributed by atoms with Crippen LogP contribution < -0.4 is 24.8 Å². The number of ether oxygens (including phenoxy) is 3. The molecule has 0 saturated carbocycles. The Bertz CT molecular complexity index is 720. The van der Waals surface area contributed by atoms with Crippen LogP contribution in [-0.4, -0.2) is 39.0 Å². The predicted molar refractivity (Wildman–Crippen MR) is 94.5 cm³/mol. The second kappa shape index (κ2) is 8.79. The van der Waals surface area contributed by atoms with Crippen molar-refractivity contribution in [3.63, 3.8) is 0 Å². The van der Waals surface area contributed by atoms with Gasteiger partial charge in [-0.1, -0.05) is 12.1 Å². The van der Waals surface area contributed by atoms with Gasteiger partial charge in [-0.15, -0.1) is 0 Å². The minimum absolute atomic E-state index is 0.00447. The molecule has 1 unspecified atom stereocenters. The molecule has 0 bridgehead atoms. The Labute approximate surface area is 146 Å². The summed E-state index contributed by atoms with van der Waals surface area (Å²) in [5.41, 5.74) is 1.07. The normalized spacial score (nSPS) is 11.4. The minimum Gasteiger partial charge on any atom is -0.497 e. The van der Waals surface area contributed by atoms with Crippen LogP contribution in [0.3, 0.4) is 0 Å². The maximum Gasteiger partial charge on any atom is 0.319 e. The molecule has 2 rings (SSSR count). The van der Waals surface area contributed by atoms with Crippen LogP contribution in [0.25, 0.3) is 0 Å². The summed E-state index contributed by atoms with van der Waals surface area (Å²) in [6.07, 6.45) is -0.950. The molecule has 0 saturated heterocycles. The van der Waals surface area contributed by atoms with E-state index in [0.717, 1.165) is 0 Å². The van der Waals surface area contributed by atoms with Crippen molar-refractivity contribution < 1.29 is 24.1 Å². The molecule has 0 heterocycles. The van der Waals surface area contributed by atoms with Crippen molar-refractivity contribution in [1.82, 2.24) is 5.32 Å². The van der Waals surface area contributed by atoms with Crippen molar-refractivity contribution >= 4 is 11.7 Å². The lowest BCUT2D eigenvalue weighted by Crippen LogP contribution is -2.32. The summed E-state index contributed by atoms with van der Waals surface area (Å²) in [5, 5.41) is 15.7. The standard InChI is InChI=1S/C18H22N2O5/c1-23-12-8-9-16(24-2)13(10-12)15(21)11-19-18(22)20-14-6-4-5-7-17(14)25-3/h4-10,15,21H,11H2,1-3H3,(H2,19,20,22). The molecule has 0 aliphatic heterocycles. The van der Waals surface area contributed by atoms with Gasteiger partial charge in [0.15, 0.2) is 0 Å². The second-order valence-corrected chi connectivity index (χ2v) is 5.16. The first-order valence-corrected chi connectivity index (χ1v) is 7.67. The van der Waals surface area contributed by atoms with Crippen molar-refractivity contribution in [2.45, 2.75) is 6.10 Å². The van der Waals surface area contributed by atoms with Crippen LogP contribution in [-0.2, 0) is 0 Å². The number of para-hydroxylation sites is 2. The number of carbonyl (C=O) groups is 1.